The Morgan fingerprint density at radius 2 is 2.40 bits per heavy atom. The van der Waals surface area contributed by atoms with Gasteiger partial charge in [-0.3, -0.25) is 10.3 Å². The van der Waals surface area contributed by atoms with Crippen molar-refractivity contribution < 1.29 is 14.3 Å². The molecule has 0 radical (unpaired) electrons. The highest BCUT2D eigenvalue weighted by molar-refractivity contribution is 5.94. The van der Waals surface area contributed by atoms with E-state index in [-0.39, 0.29) is 6.04 Å². The summed E-state index contributed by atoms with van der Waals surface area (Å²) in [6, 6.07) is 8.02. The molecular weight excluding hydrogens is 258 g/mol. The number of guanidine groups is 1. The third-order valence-electron chi connectivity index (χ3n) is 2.98. The Balaban J connectivity index is 2.05. The van der Waals surface area contributed by atoms with E-state index < -0.39 is 6.09 Å². The molecule has 0 spiro atoms. The van der Waals surface area contributed by atoms with Crippen molar-refractivity contribution in [3.8, 4) is 5.75 Å². The maximum Gasteiger partial charge on any atom is 0.413 e. The highest BCUT2D eigenvalue weighted by atomic mass is 16.5. The number of hydrogen-bond donors (Lipinski definition) is 2. The van der Waals surface area contributed by atoms with Crippen LogP contribution < -0.4 is 15.4 Å². The fraction of sp³-hybridized carbons (Fsp3) is 0.429. The van der Waals surface area contributed by atoms with Gasteiger partial charge in [0.25, 0.3) is 0 Å². The number of nitrogens with zero attached hydrogens (tertiary/aromatic N) is 1. The molecule has 1 heterocycles. The summed E-state index contributed by atoms with van der Waals surface area (Å²) in [5, 5.41) is 5.74. The lowest BCUT2D eigenvalue weighted by Crippen LogP contribution is -2.45. The highest BCUT2D eigenvalue weighted by Gasteiger charge is 2.19. The zero-order valence-electron chi connectivity index (χ0n) is 11.7. The van der Waals surface area contributed by atoms with Gasteiger partial charge in [-0.1, -0.05) is 12.1 Å². The standard InChI is InChI=1S/C14H19N3O3/c1-3-20-11-6-4-5-10(9-11)12-7-8-15-13(16-12)17-14(18)19-2/h4-6,9,12H,3,7-8H2,1-2H3,(H2,15,16,17,18). The summed E-state index contributed by atoms with van der Waals surface area (Å²) < 4.78 is 10.1. The minimum absolute atomic E-state index is 0.0973. The Labute approximate surface area is 118 Å². The van der Waals surface area contributed by atoms with E-state index in [1.165, 1.54) is 7.11 Å². The molecular formula is C14H19N3O3. The maximum absolute atomic E-state index is 11.2. The van der Waals surface area contributed by atoms with Gasteiger partial charge in [0.2, 0.25) is 5.96 Å². The van der Waals surface area contributed by atoms with Crippen molar-refractivity contribution in [3.63, 3.8) is 0 Å². The smallest absolute Gasteiger partial charge is 0.413 e. The molecule has 1 unspecified atom stereocenters. The summed E-state index contributed by atoms with van der Waals surface area (Å²) in [4.78, 5) is 15.4. The number of benzene rings is 1. The normalized spacial score (nSPS) is 17.7. The molecule has 0 saturated heterocycles. The van der Waals surface area contributed by atoms with Crippen LogP contribution in [0.15, 0.2) is 29.3 Å². The number of alkyl carbamates (subject to hydrolysis) is 1. The van der Waals surface area contributed by atoms with Crippen LogP contribution in [0.5, 0.6) is 5.75 Å². The van der Waals surface area contributed by atoms with Gasteiger partial charge in [-0.15, -0.1) is 0 Å². The third-order valence-corrected chi connectivity index (χ3v) is 2.98. The lowest BCUT2D eigenvalue weighted by molar-refractivity contribution is 0.176. The topological polar surface area (TPSA) is 72.0 Å². The van der Waals surface area contributed by atoms with Crippen molar-refractivity contribution in [2.45, 2.75) is 19.4 Å². The molecule has 1 atom stereocenters. The van der Waals surface area contributed by atoms with Gasteiger partial charge in [-0.2, -0.15) is 0 Å². The Bertz CT molecular complexity index is 502. The van der Waals surface area contributed by atoms with Crippen molar-refractivity contribution >= 4 is 12.1 Å². The number of hydrogen-bond acceptors (Lipinski definition) is 5. The molecule has 1 aliphatic heterocycles. The molecule has 6 heteroatoms. The van der Waals surface area contributed by atoms with Gasteiger partial charge in [0.15, 0.2) is 0 Å². The fourth-order valence-corrected chi connectivity index (χ4v) is 2.05. The first kappa shape index (κ1) is 14.2. The monoisotopic (exact) mass is 277 g/mol. The molecule has 0 fully saturated rings. The van der Waals surface area contributed by atoms with Gasteiger partial charge < -0.3 is 14.8 Å². The van der Waals surface area contributed by atoms with Crippen LogP contribution in [0.3, 0.4) is 0 Å². The zero-order valence-corrected chi connectivity index (χ0v) is 11.7. The second kappa shape index (κ2) is 6.79. The molecule has 2 rings (SSSR count). The molecule has 0 aromatic heterocycles. The predicted molar refractivity (Wildman–Crippen MR) is 75.9 cm³/mol. The average molecular weight is 277 g/mol. The van der Waals surface area contributed by atoms with Crippen molar-refractivity contribution in [3.05, 3.63) is 29.8 Å². The molecule has 108 valence electrons. The zero-order chi connectivity index (χ0) is 14.4. The number of methoxy groups -OCH3 is 1. The number of carbonyl (C=O) groups excluding carboxylic acids is 1. The summed E-state index contributed by atoms with van der Waals surface area (Å²) in [5.74, 6) is 1.28. The number of aliphatic imine (C=N–C) groups is 1. The van der Waals surface area contributed by atoms with Gasteiger partial charge in [-0.25, -0.2) is 4.79 Å². The van der Waals surface area contributed by atoms with Crippen LogP contribution in [0.25, 0.3) is 0 Å². The van der Waals surface area contributed by atoms with Crippen molar-refractivity contribution in [2.24, 2.45) is 4.99 Å². The number of nitrogens with one attached hydrogen (secondary N) is 2. The molecule has 1 amide bonds. The van der Waals surface area contributed by atoms with Crippen LogP contribution in [0, 0.1) is 0 Å². The van der Waals surface area contributed by atoms with Gasteiger partial charge in [0.05, 0.1) is 19.8 Å². The summed E-state index contributed by atoms with van der Waals surface area (Å²) in [6.45, 7) is 3.24. The number of carbonyl (C=O) groups is 1. The molecule has 1 aromatic carbocycles. The minimum atomic E-state index is -0.528. The van der Waals surface area contributed by atoms with Crippen LogP contribution in [0.1, 0.15) is 24.9 Å². The van der Waals surface area contributed by atoms with E-state index in [0.717, 1.165) is 17.7 Å². The molecule has 0 bridgehead atoms. The molecule has 20 heavy (non-hydrogen) atoms. The van der Waals surface area contributed by atoms with E-state index >= 15 is 0 Å². The lowest BCUT2D eigenvalue weighted by atomic mass is 10.0. The van der Waals surface area contributed by atoms with Crippen LogP contribution in [0.4, 0.5) is 4.79 Å². The molecule has 0 saturated carbocycles. The van der Waals surface area contributed by atoms with Crippen molar-refractivity contribution in [1.29, 1.82) is 0 Å². The Kier molecular flexibility index (Phi) is 4.81. The van der Waals surface area contributed by atoms with Gasteiger partial charge in [0.1, 0.15) is 5.75 Å². The molecule has 0 aliphatic carbocycles. The minimum Gasteiger partial charge on any atom is -0.494 e. The summed E-state index contributed by atoms with van der Waals surface area (Å²) in [6.07, 6.45) is 0.335. The van der Waals surface area contributed by atoms with Crippen LogP contribution >= 0.6 is 0 Å². The van der Waals surface area contributed by atoms with Crippen LogP contribution in [-0.2, 0) is 4.74 Å². The number of rotatable bonds is 3. The highest BCUT2D eigenvalue weighted by Crippen LogP contribution is 2.23. The Morgan fingerprint density at radius 1 is 1.55 bits per heavy atom. The molecule has 1 aliphatic rings. The third kappa shape index (κ3) is 3.63. The van der Waals surface area contributed by atoms with E-state index in [4.69, 9.17) is 4.74 Å². The van der Waals surface area contributed by atoms with Gasteiger partial charge in [-0.05, 0) is 31.0 Å². The summed E-state index contributed by atoms with van der Waals surface area (Å²) >= 11 is 0. The second-order valence-electron chi connectivity index (χ2n) is 4.34. The summed E-state index contributed by atoms with van der Waals surface area (Å²) in [7, 11) is 1.32. The number of ether oxygens (including phenoxy) is 2. The molecule has 2 N–H and O–H groups in total. The largest absolute Gasteiger partial charge is 0.494 e. The summed E-state index contributed by atoms with van der Waals surface area (Å²) in [5.41, 5.74) is 1.11. The quantitative estimate of drug-likeness (QED) is 0.884. The first-order valence-corrected chi connectivity index (χ1v) is 6.61. The first-order valence-electron chi connectivity index (χ1n) is 6.61. The fourth-order valence-electron chi connectivity index (χ4n) is 2.05. The SMILES string of the molecule is CCOc1cccc(C2CCN=C(NC(=O)OC)N2)c1. The predicted octanol–water partition coefficient (Wildman–Crippen LogP) is 1.83. The lowest BCUT2D eigenvalue weighted by Gasteiger charge is -2.25. The Morgan fingerprint density at radius 3 is 3.15 bits per heavy atom. The van der Waals surface area contributed by atoms with E-state index in [9.17, 15) is 4.79 Å². The Hall–Kier alpha value is -2.24. The van der Waals surface area contributed by atoms with Gasteiger partial charge in [0, 0.05) is 6.54 Å². The number of amides is 1. The van der Waals surface area contributed by atoms with Gasteiger partial charge >= 0.3 is 6.09 Å². The van der Waals surface area contributed by atoms with Crippen molar-refractivity contribution in [2.75, 3.05) is 20.3 Å². The second-order valence-corrected chi connectivity index (χ2v) is 4.34. The van der Waals surface area contributed by atoms with E-state index in [2.05, 4.69) is 20.4 Å². The first-order chi connectivity index (χ1) is 9.72. The van der Waals surface area contributed by atoms with E-state index in [1.807, 2.05) is 31.2 Å². The van der Waals surface area contributed by atoms with E-state index in [1.54, 1.807) is 0 Å². The van der Waals surface area contributed by atoms with E-state index in [0.29, 0.717) is 19.1 Å². The van der Waals surface area contributed by atoms with Crippen LogP contribution in [-0.4, -0.2) is 32.3 Å². The molecule has 1 aromatic rings. The van der Waals surface area contributed by atoms with Crippen LogP contribution in [0.2, 0.25) is 0 Å². The van der Waals surface area contributed by atoms with Crippen molar-refractivity contribution in [1.82, 2.24) is 10.6 Å². The maximum atomic E-state index is 11.2. The molecule has 6 nitrogen and oxygen atoms in total. The average Bonchev–Trinajstić information content (AvgIpc) is 2.48.